The highest BCUT2D eigenvalue weighted by atomic mass is 16.4. The van der Waals surface area contributed by atoms with Crippen LogP contribution in [0.15, 0.2) is 21.8 Å². The zero-order valence-electron chi connectivity index (χ0n) is 11.3. The first kappa shape index (κ1) is 12.8. The zero-order valence-corrected chi connectivity index (χ0v) is 11.3. The number of hydrogen-bond donors (Lipinski definition) is 1. The Morgan fingerprint density at radius 1 is 1.39 bits per heavy atom. The molecule has 1 aromatic heterocycles. The van der Waals surface area contributed by atoms with Gasteiger partial charge in [-0.05, 0) is 19.4 Å². The standard InChI is InChI=1S/C13H18N2O3/c1-7-8(2)11(17)15(10(7)16)12-14-6-9(18-12)13(3,4)5/h6,10,16H,1-5H3/t10-/m1/s1. The number of oxazole rings is 1. The first-order valence-electron chi connectivity index (χ1n) is 5.89. The number of anilines is 1. The van der Waals surface area contributed by atoms with Gasteiger partial charge in [0.05, 0.1) is 6.20 Å². The lowest BCUT2D eigenvalue weighted by Crippen LogP contribution is -2.35. The van der Waals surface area contributed by atoms with E-state index in [0.29, 0.717) is 16.9 Å². The number of aliphatic hydroxyl groups excluding tert-OH is 1. The molecule has 1 amide bonds. The van der Waals surface area contributed by atoms with Crippen molar-refractivity contribution < 1.29 is 14.3 Å². The van der Waals surface area contributed by atoms with Crippen molar-refractivity contribution in [2.45, 2.75) is 46.3 Å². The average Bonchev–Trinajstić information content (AvgIpc) is 2.81. The van der Waals surface area contributed by atoms with Crippen LogP contribution in [-0.4, -0.2) is 22.2 Å². The largest absolute Gasteiger partial charge is 0.428 e. The Bertz CT molecular complexity index is 523. The predicted molar refractivity (Wildman–Crippen MR) is 67.1 cm³/mol. The van der Waals surface area contributed by atoms with E-state index in [4.69, 9.17) is 4.42 Å². The van der Waals surface area contributed by atoms with Crippen molar-refractivity contribution in [2.75, 3.05) is 4.90 Å². The van der Waals surface area contributed by atoms with Gasteiger partial charge in [0.2, 0.25) is 0 Å². The summed E-state index contributed by atoms with van der Waals surface area (Å²) in [5.41, 5.74) is 0.991. The molecule has 0 saturated carbocycles. The zero-order chi connectivity index (χ0) is 13.7. The van der Waals surface area contributed by atoms with E-state index in [0.717, 1.165) is 0 Å². The van der Waals surface area contributed by atoms with Gasteiger partial charge in [-0.15, -0.1) is 0 Å². The van der Waals surface area contributed by atoms with Gasteiger partial charge in [0.15, 0.2) is 6.23 Å². The molecule has 1 atom stereocenters. The second kappa shape index (κ2) is 3.95. The molecule has 1 aliphatic rings. The maximum atomic E-state index is 12.0. The van der Waals surface area contributed by atoms with Crippen LogP contribution in [0.3, 0.4) is 0 Å². The van der Waals surface area contributed by atoms with E-state index in [1.165, 1.54) is 4.90 Å². The molecule has 98 valence electrons. The molecular weight excluding hydrogens is 232 g/mol. The Hall–Kier alpha value is -1.62. The summed E-state index contributed by atoms with van der Waals surface area (Å²) in [6.07, 6.45) is 0.613. The van der Waals surface area contributed by atoms with Gasteiger partial charge in [-0.3, -0.25) is 4.79 Å². The number of carbonyl (C=O) groups excluding carboxylic acids is 1. The van der Waals surface area contributed by atoms with Crippen molar-refractivity contribution >= 4 is 11.9 Å². The van der Waals surface area contributed by atoms with Crippen LogP contribution in [0, 0.1) is 0 Å². The summed E-state index contributed by atoms with van der Waals surface area (Å²) in [4.78, 5) is 17.3. The number of nitrogens with zero attached hydrogens (tertiary/aromatic N) is 2. The third-order valence-corrected chi connectivity index (χ3v) is 3.20. The highest BCUT2D eigenvalue weighted by Gasteiger charge is 2.37. The maximum absolute atomic E-state index is 12.0. The van der Waals surface area contributed by atoms with Gasteiger partial charge in [0, 0.05) is 11.0 Å². The van der Waals surface area contributed by atoms with Gasteiger partial charge >= 0.3 is 6.01 Å². The summed E-state index contributed by atoms with van der Waals surface area (Å²) < 4.78 is 5.58. The van der Waals surface area contributed by atoms with E-state index in [9.17, 15) is 9.90 Å². The van der Waals surface area contributed by atoms with Crippen molar-refractivity contribution in [1.82, 2.24) is 4.98 Å². The molecule has 18 heavy (non-hydrogen) atoms. The summed E-state index contributed by atoms with van der Waals surface area (Å²) >= 11 is 0. The quantitative estimate of drug-likeness (QED) is 0.827. The molecule has 0 spiro atoms. The van der Waals surface area contributed by atoms with Gasteiger partial charge in [-0.2, -0.15) is 0 Å². The van der Waals surface area contributed by atoms with E-state index < -0.39 is 6.23 Å². The lowest BCUT2D eigenvalue weighted by Gasteiger charge is -2.18. The lowest BCUT2D eigenvalue weighted by atomic mass is 9.94. The number of rotatable bonds is 1. The van der Waals surface area contributed by atoms with E-state index in [-0.39, 0.29) is 17.3 Å². The Balaban J connectivity index is 2.35. The van der Waals surface area contributed by atoms with E-state index in [1.54, 1.807) is 20.0 Å². The van der Waals surface area contributed by atoms with E-state index in [2.05, 4.69) is 4.98 Å². The fourth-order valence-electron chi connectivity index (χ4n) is 1.76. The van der Waals surface area contributed by atoms with Crippen LogP contribution >= 0.6 is 0 Å². The van der Waals surface area contributed by atoms with Gasteiger partial charge in [-0.1, -0.05) is 20.8 Å². The minimum Gasteiger partial charge on any atom is -0.428 e. The Morgan fingerprint density at radius 2 is 2.00 bits per heavy atom. The number of carbonyl (C=O) groups is 1. The summed E-state index contributed by atoms with van der Waals surface area (Å²) in [5, 5.41) is 10.0. The number of aromatic nitrogens is 1. The third kappa shape index (κ3) is 1.84. The fourth-order valence-corrected chi connectivity index (χ4v) is 1.76. The van der Waals surface area contributed by atoms with Crippen LogP contribution in [0.1, 0.15) is 40.4 Å². The van der Waals surface area contributed by atoms with Crippen LogP contribution in [0.2, 0.25) is 0 Å². The smallest absolute Gasteiger partial charge is 0.307 e. The van der Waals surface area contributed by atoms with Crippen molar-refractivity contribution in [3.8, 4) is 0 Å². The molecule has 0 saturated heterocycles. The van der Waals surface area contributed by atoms with Crippen molar-refractivity contribution in [3.05, 3.63) is 23.1 Å². The maximum Gasteiger partial charge on any atom is 0.307 e. The highest BCUT2D eigenvalue weighted by Crippen LogP contribution is 2.32. The number of amides is 1. The molecule has 0 unspecified atom stereocenters. The molecular formula is C13H18N2O3. The summed E-state index contributed by atoms with van der Waals surface area (Å²) in [7, 11) is 0. The monoisotopic (exact) mass is 250 g/mol. The molecule has 1 N–H and O–H groups in total. The summed E-state index contributed by atoms with van der Waals surface area (Å²) in [5.74, 6) is 0.419. The first-order valence-corrected chi connectivity index (χ1v) is 5.89. The van der Waals surface area contributed by atoms with Crippen molar-refractivity contribution in [2.24, 2.45) is 0 Å². The minimum atomic E-state index is -0.982. The average molecular weight is 250 g/mol. The summed E-state index contributed by atoms with van der Waals surface area (Å²) in [6, 6.07) is 0.147. The van der Waals surface area contributed by atoms with E-state index in [1.807, 2.05) is 20.8 Å². The Labute approximate surface area is 106 Å². The molecule has 2 rings (SSSR count). The van der Waals surface area contributed by atoms with Gasteiger partial charge < -0.3 is 9.52 Å². The SMILES string of the molecule is CC1=C(C)[C@@H](O)N(c2ncc(C(C)(C)C)o2)C1=O. The molecule has 0 radical (unpaired) electrons. The normalized spacial score (nSPS) is 21.1. The second-order valence-corrected chi connectivity index (χ2v) is 5.61. The topological polar surface area (TPSA) is 66.6 Å². The Morgan fingerprint density at radius 3 is 2.39 bits per heavy atom. The minimum absolute atomic E-state index is 0.147. The molecule has 5 nitrogen and oxygen atoms in total. The van der Waals surface area contributed by atoms with Crippen LogP contribution in [-0.2, 0) is 10.2 Å². The molecule has 5 heteroatoms. The summed E-state index contributed by atoms with van der Waals surface area (Å²) in [6.45, 7) is 9.40. The molecule has 1 aromatic rings. The molecule has 0 aromatic carbocycles. The molecule has 1 aliphatic heterocycles. The first-order chi connectivity index (χ1) is 8.23. The number of aliphatic hydroxyl groups is 1. The van der Waals surface area contributed by atoms with Crippen LogP contribution in [0.5, 0.6) is 0 Å². The predicted octanol–water partition coefficient (Wildman–Crippen LogP) is 1.97. The molecule has 0 fully saturated rings. The van der Waals surface area contributed by atoms with Crippen molar-refractivity contribution in [1.29, 1.82) is 0 Å². The highest BCUT2D eigenvalue weighted by molar-refractivity contribution is 6.08. The third-order valence-electron chi connectivity index (χ3n) is 3.20. The molecule has 2 heterocycles. The number of hydrogen-bond acceptors (Lipinski definition) is 4. The van der Waals surface area contributed by atoms with Crippen LogP contribution < -0.4 is 4.90 Å². The second-order valence-electron chi connectivity index (χ2n) is 5.61. The van der Waals surface area contributed by atoms with E-state index >= 15 is 0 Å². The Kier molecular flexibility index (Phi) is 2.81. The molecule has 0 aliphatic carbocycles. The lowest BCUT2D eigenvalue weighted by molar-refractivity contribution is -0.115. The fraction of sp³-hybridized carbons (Fsp3) is 0.538. The van der Waals surface area contributed by atoms with Crippen LogP contribution in [0.25, 0.3) is 0 Å². The van der Waals surface area contributed by atoms with Gasteiger partial charge in [0.1, 0.15) is 5.76 Å². The van der Waals surface area contributed by atoms with Gasteiger partial charge in [-0.25, -0.2) is 9.88 Å². The van der Waals surface area contributed by atoms with Gasteiger partial charge in [0.25, 0.3) is 5.91 Å². The van der Waals surface area contributed by atoms with Crippen LogP contribution in [0.4, 0.5) is 6.01 Å². The molecule has 0 bridgehead atoms. The van der Waals surface area contributed by atoms with Crippen molar-refractivity contribution in [3.63, 3.8) is 0 Å².